The molecule has 1 fully saturated rings. The second-order valence-corrected chi connectivity index (χ2v) is 3.58. The van der Waals surface area contributed by atoms with Gasteiger partial charge in [-0.15, -0.1) is 0 Å². The SMILES string of the molecule is [2H]C(=O)CN1CCC(C)CC1CO. The molecule has 1 aliphatic heterocycles. The van der Waals surface area contributed by atoms with Crippen molar-refractivity contribution in [2.24, 2.45) is 5.92 Å². The Morgan fingerprint density at radius 3 is 3.17 bits per heavy atom. The van der Waals surface area contributed by atoms with Gasteiger partial charge in [-0.3, -0.25) is 4.90 Å². The Kier molecular flexibility index (Phi) is 3.13. The van der Waals surface area contributed by atoms with Crippen LogP contribution in [0.25, 0.3) is 0 Å². The van der Waals surface area contributed by atoms with E-state index in [0.29, 0.717) is 5.92 Å². The van der Waals surface area contributed by atoms with Gasteiger partial charge < -0.3 is 9.90 Å². The zero-order valence-corrected chi connectivity index (χ0v) is 7.49. The molecule has 2 unspecified atom stereocenters. The molecule has 70 valence electrons. The molecule has 1 saturated heterocycles. The lowest BCUT2D eigenvalue weighted by Gasteiger charge is -2.36. The Hall–Kier alpha value is -0.410. The number of rotatable bonds is 3. The van der Waals surface area contributed by atoms with Crippen LogP contribution in [-0.4, -0.2) is 42.0 Å². The number of aliphatic hydroxyl groups is 1. The highest BCUT2D eigenvalue weighted by molar-refractivity contribution is 5.52. The van der Waals surface area contributed by atoms with Gasteiger partial charge in [-0.05, 0) is 25.3 Å². The standard InChI is InChI=1S/C9H17NO2/c1-8-2-3-10(4-5-11)9(6-8)7-12/h5,8-9,12H,2-4,6-7H2,1H3/i5D. The fraction of sp³-hybridized carbons (Fsp3) is 0.889. The van der Waals surface area contributed by atoms with Gasteiger partial charge in [-0.25, -0.2) is 0 Å². The van der Waals surface area contributed by atoms with Crippen molar-refractivity contribution in [1.82, 2.24) is 4.90 Å². The molecule has 2 atom stereocenters. The topological polar surface area (TPSA) is 40.5 Å². The number of carbonyl (C=O) groups is 1. The Balaban J connectivity index is 2.47. The van der Waals surface area contributed by atoms with Gasteiger partial charge in [0.05, 0.1) is 13.2 Å². The fourth-order valence-corrected chi connectivity index (χ4v) is 1.78. The summed E-state index contributed by atoms with van der Waals surface area (Å²) in [6, 6.07) is 0.0815. The van der Waals surface area contributed by atoms with E-state index < -0.39 is 6.26 Å². The van der Waals surface area contributed by atoms with Gasteiger partial charge >= 0.3 is 0 Å². The number of carbonyl (C=O) groups excluding carboxylic acids is 1. The molecular formula is C9H17NO2. The molecule has 0 aromatic carbocycles. The van der Waals surface area contributed by atoms with Crippen molar-refractivity contribution in [2.45, 2.75) is 25.8 Å². The Morgan fingerprint density at radius 2 is 2.58 bits per heavy atom. The molecule has 1 heterocycles. The van der Waals surface area contributed by atoms with Crippen molar-refractivity contribution in [3.05, 3.63) is 0 Å². The normalized spacial score (nSPS) is 33.0. The van der Waals surface area contributed by atoms with Crippen molar-refractivity contribution in [3.8, 4) is 0 Å². The smallest absolute Gasteiger partial charge is 0.133 e. The molecule has 0 aromatic heterocycles. The Bertz CT molecular complexity index is 186. The second-order valence-electron chi connectivity index (χ2n) is 3.58. The highest BCUT2D eigenvalue weighted by atomic mass is 16.3. The second kappa shape index (κ2) is 4.58. The minimum atomic E-state index is -0.562. The van der Waals surface area contributed by atoms with Crippen molar-refractivity contribution in [1.29, 1.82) is 0 Å². The van der Waals surface area contributed by atoms with Crippen LogP contribution in [0.5, 0.6) is 0 Å². The van der Waals surface area contributed by atoms with Gasteiger partial charge in [0.2, 0.25) is 0 Å². The number of hydrogen-bond acceptors (Lipinski definition) is 3. The van der Waals surface area contributed by atoms with Crippen LogP contribution in [0.15, 0.2) is 0 Å². The van der Waals surface area contributed by atoms with Gasteiger partial charge in [-0.2, -0.15) is 0 Å². The third kappa shape index (κ3) is 2.29. The van der Waals surface area contributed by atoms with E-state index in [4.69, 9.17) is 6.48 Å². The van der Waals surface area contributed by atoms with Crippen molar-refractivity contribution >= 4 is 6.26 Å². The first-order valence-electron chi connectivity index (χ1n) is 4.97. The van der Waals surface area contributed by atoms with Crippen LogP contribution in [0.4, 0.5) is 0 Å². The molecule has 1 rings (SSSR count). The minimum absolute atomic E-state index is 0.0815. The third-order valence-corrected chi connectivity index (χ3v) is 2.58. The van der Waals surface area contributed by atoms with Crippen LogP contribution in [0, 0.1) is 5.92 Å². The molecule has 3 nitrogen and oxygen atoms in total. The third-order valence-electron chi connectivity index (χ3n) is 2.58. The summed E-state index contributed by atoms with van der Waals surface area (Å²) in [6.07, 6.45) is 1.43. The first kappa shape index (κ1) is 8.20. The summed E-state index contributed by atoms with van der Waals surface area (Å²) in [4.78, 5) is 12.5. The lowest BCUT2D eigenvalue weighted by molar-refractivity contribution is -0.110. The van der Waals surface area contributed by atoms with Crippen LogP contribution < -0.4 is 0 Å². The number of hydrogen-bond donors (Lipinski definition) is 1. The lowest BCUT2D eigenvalue weighted by atomic mass is 9.93. The van der Waals surface area contributed by atoms with E-state index >= 15 is 0 Å². The highest BCUT2D eigenvalue weighted by Crippen LogP contribution is 2.21. The molecule has 1 N–H and O–H groups in total. The zero-order chi connectivity index (χ0) is 9.84. The molecule has 0 spiro atoms. The molecule has 0 amide bonds. The molecule has 0 radical (unpaired) electrons. The maximum atomic E-state index is 10.6. The molecule has 0 saturated carbocycles. The van der Waals surface area contributed by atoms with Gasteiger partial charge in [-0.1, -0.05) is 6.92 Å². The minimum Gasteiger partial charge on any atom is -0.395 e. The average Bonchev–Trinajstić information content (AvgIpc) is 2.07. The fourth-order valence-electron chi connectivity index (χ4n) is 1.78. The van der Waals surface area contributed by atoms with Gasteiger partial charge in [0.1, 0.15) is 7.63 Å². The van der Waals surface area contributed by atoms with E-state index in [2.05, 4.69) is 6.92 Å². The predicted octanol–water partition coefficient (Wildman–Crippen LogP) is 0.278. The van der Waals surface area contributed by atoms with Crippen LogP contribution in [0.1, 0.15) is 21.1 Å². The molecule has 0 aromatic rings. The van der Waals surface area contributed by atoms with Gasteiger partial charge in [0.15, 0.2) is 0 Å². The first-order valence-corrected chi connectivity index (χ1v) is 4.47. The number of piperidine rings is 1. The van der Waals surface area contributed by atoms with Crippen LogP contribution in [0.2, 0.25) is 0 Å². The first-order chi connectivity index (χ1) is 6.13. The summed E-state index contributed by atoms with van der Waals surface area (Å²) in [6.45, 7) is 3.25. The predicted molar refractivity (Wildman–Crippen MR) is 46.9 cm³/mol. The number of nitrogens with zero attached hydrogens (tertiary/aromatic N) is 1. The van der Waals surface area contributed by atoms with E-state index in [9.17, 15) is 4.79 Å². The molecule has 12 heavy (non-hydrogen) atoms. The summed E-state index contributed by atoms with van der Waals surface area (Å²) >= 11 is 0. The lowest BCUT2D eigenvalue weighted by Crippen LogP contribution is -2.44. The Morgan fingerprint density at radius 1 is 1.83 bits per heavy atom. The molecule has 3 heteroatoms. The molecule has 1 aliphatic rings. The van der Waals surface area contributed by atoms with E-state index in [1.54, 1.807) is 0 Å². The van der Waals surface area contributed by atoms with Gasteiger partial charge in [0.25, 0.3) is 0 Å². The molecular weight excluding hydrogens is 154 g/mol. The van der Waals surface area contributed by atoms with E-state index in [0.717, 1.165) is 19.4 Å². The largest absolute Gasteiger partial charge is 0.395 e. The summed E-state index contributed by atoms with van der Waals surface area (Å²) < 4.78 is 6.87. The van der Waals surface area contributed by atoms with Crippen LogP contribution in [-0.2, 0) is 4.79 Å². The maximum absolute atomic E-state index is 10.6. The van der Waals surface area contributed by atoms with E-state index in [1.165, 1.54) is 0 Å². The van der Waals surface area contributed by atoms with Crippen molar-refractivity contribution in [3.63, 3.8) is 0 Å². The van der Waals surface area contributed by atoms with Crippen LogP contribution >= 0.6 is 0 Å². The number of likely N-dealkylation sites (tertiary alicyclic amines) is 1. The van der Waals surface area contributed by atoms with Gasteiger partial charge in [0, 0.05) is 6.04 Å². The summed E-state index contributed by atoms with van der Waals surface area (Å²) in [7, 11) is 0. The Labute approximate surface area is 74.8 Å². The number of aldehydes is 1. The zero-order valence-electron chi connectivity index (χ0n) is 8.49. The average molecular weight is 172 g/mol. The maximum Gasteiger partial charge on any atom is 0.133 e. The van der Waals surface area contributed by atoms with E-state index in [1.807, 2.05) is 4.90 Å². The molecule has 0 aliphatic carbocycles. The van der Waals surface area contributed by atoms with E-state index in [-0.39, 0.29) is 19.2 Å². The highest BCUT2D eigenvalue weighted by Gasteiger charge is 2.24. The number of aliphatic hydroxyl groups excluding tert-OH is 1. The quantitative estimate of drug-likeness (QED) is 0.622. The molecule has 0 bridgehead atoms. The monoisotopic (exact) mass is 172 g/mol. The summed E-state index contributed by atoms with van der Waals surface area (Å²) in [5.74, 6) is 0.620. The van der Waals surface area contributed by atoms with Crippen molar-refractivity contribution in [2.75, 3.05) is 19.7 Å². The van der Waals surface area contributed by atoms with Crippen LogP contribution in [0.3, 0.4) is 0 Å². The summed E-state index contributed by atoms with van der Waals surface area (Å²) in [5, 5.41) is 9.08. The summed E-state index contributed by atoms with van der Waals surface area (Å²) in [5.41, 5.74) is 0. The van der Waals surface area contributed by atoms with Crippen molar-refractivity contribution < 1.29 is 11.3 Å².